The fourth-order valence-corrected chi connectivity index (χ4v) is 4.24. The van der Waals surface area contributed by atoms with Crippen LogP contribution in [0.5, 0.6) is 0 Å². The molecule has 0 spiro atoms. The third kappa shape index (κ3) is 4.44. The Bertz CT molecular complexity index is 1160. The van der Waals surface area contributed by atoms with E-state index in [1.165, 1.54) is 5.69 Å². The summed E-state index contributed by atoms with van der Waals surface area (Å²) in [6.45, 7) is 4.40. The van der Waals surface area contributed by atoms with Gasteiger partial charge in [-0.05, 0) is 49.8 Å². The summed E-state index contributed by atoms with van der Waals surface area (Å²) in [5.41, 5.74) is 1.90. The topological polar surface area (TPSA) is 79.3 Å². The zero-order valence-corrected chi connectivity index (χ0v) is 18.2. The molecule has 0 fully saturated rings. The monoisotopic (exact) mass is 435 g/mol. The Kier molecular flexibility index (Phi) is 6.27. The molecule has 0 radical (unpaired) electrons. The standard InChI is InChI=1S/C23H25N5O2S/c1-2-27(16-9-4-3-5-10-16)14-8-13-24-20(29)15-19-22(30)26-21-17-11-6-7-12-18(17)25-23(31)28(19)21/h3-7,9-12,19H,2,8,13-15H2,1H3,(H,24,29)(H,26,30). The van der Waals surface area contributed by atoms with E-state index < -0.39 is 6.04 Å². The summed E-state index contributed by atoms with van der Waals surface area (Å²) in [6, 6.07) is 17.0. The first-order valence-corrected chi connectivity index (χ1v) is 10.9. The van der Waals surface area contributed by atoms with Gasteiger partial charge in [0.15, 0.2) is 0 Å². The Labute approximate surface area is 186 Å². The zero-order valence-electron chi connectivity index (χ0n) is 17.4. The van der Waals surface area contributed by atoms with Crippen LogP contribution in [0, 0.1) is 4.77 Å². The van der Waals surface area contributed by atoms with E-state index in [2.05, 4.69) is 39.6 Å². The number of amides is 2. The molecule has 1 aliphatic heterocycles. The number of para-hydroxylation sites is 2. The normalized spacial score (nSPS) is 14.9. The van der Waals surface area contributed by atoms with Crippen LogP contribution in [0.25, 0.3) is 10.9 Å². The highest BCUT2D eigenvalue weighted by Crippen LogP contribution is 2.32. The molecule has 0 saturated heterocycles. The van der Waals surface area contributed by atoms with Crippen molar-refractivity contribution < 1.29 is 9.59 Å². The average Bonchev–Trinajstić information content (AvgIpc) is 3.11. The van der Waals surface area contributed by atoms with Gasteiger partial charge in [0.1, 0.15) is 11.9 Å². The molecule has 3 aromatic rings. The van der Waals surface area contributed by atoms with Gasteiger partial charge in [0.05, 0.1) is 11.9 Å². The van der Waals surface area contributed by atoms with Crippen molar-refractivity contribution in [1.29, 1.82) is 0 Å². The predicted octanol–water partition coefficient (Wildman–Crippen LogP) is 3.68. The van der Waals surface area contributed by atoms with E-state index in [0.29, 0.717) is 17.1 Å². The van der Waals surface area contributed by atoms with Gasteiger partial charge >= 0.3 is 0 Å². The lowest BCUT2D eigenvalue weighted by molar-refractivity contribution is -0.126. The van der Waals surface area contributed by atoms with Gasteiger partial charge in [0.25, 0.3) is 0 Å². The molecule has 2 amide bonds. The van der Waals surface area contributed by atoms with Crippen LogP contribution >= 0.6 is 12.2 Å². The lowest BCUT2D eigenvalue weighted by Crippen LogP contribution is -2.32. The van der Waals surface area contributed by atoms with Crippen LogP contribution in [-0.2, 0) is 9.59 Å². The van der Waals surface area contributed by atoms with Crippen LogP contribution < -0.4 is 15.5 Å². The maximum Gasteiger partial charge on any atom is 0.249 e. The predicted molar refractivity (Wildman–Crippen MR) is 125 cm³/mol. The average molecular weight is 436 g/mol. The van der Waals surface area contributed by atoms with Crippen LogP contribution in [0.1, 0.15) is 25.8 Å². The van der Waals surface area contributed by atoms with Gasteiger partial charge in [0.2, 0.25) is 16.6 Å². The highest BCUT2D eigenvalue weighted by Gasteiger charge is 2.33. The van der Waals surface area contributed by atoms with Crippen LogP contribution in [0.4, 0.5) is 11.5 Å². The molecule has 1 aromatic heterocycles. The number of carbonyl (C=O) groups excluding carboxylic acids is 2. The number of aromatic nitrogens is 2. The first-order valence-electron chi connectivity index (χ1n) is 10.5. The number of benzene rings is 2. The van der Waals surface area contributed by atoms with Crippen molar-refractivity contribution in [3.63, 3.8) is 0 Å². The number of nitrogens with zero attached hydrogens (tertiary/aromatic N) is 3. The van der Waals surface area contributed by atoms with Crippen LogP contribution in [0.2, 0.25) is 0 Å². The largest absolute Gasteiger partial charge is 0.372 e. The number of hydrogen-bond acceptors (Lipinski definition) is 5. The molecule has 1 aliphatic rings. The van der Waals surface area contributed by atoms with E-state index in [9.17, 15) is 9.59 Å². The SMILES string of the molecule is CCN(CCCNC(=O)CC1C(=O)Nc2c3ccccc3nc(=S)n21)c1ccccc1. The van der Waals surface area contributed by atoms with Gasteiger partial charge in [-0.15, -0.1) is 0 Å². The summed E-state index contributed by atoms with van der Waals surface area (Å²) in [4.78, 5) is 31.8. The van der Waals surface area contributed by atoms with Crippen molar-refractivity contribution in [3.05, 3.63) is 59.4 Å². The van der Waals surface area contributed by atoms with Gasteiger partial charge in [-0.1, -0.05) is 30.3 Å². The van der Waals surface area contributed by atoms with Crippen molar-refractivity contribution in [2.24, 2.45) is 0 Å². The number of anilines is 2. The van der Waals surface area contributed by atoms with E-state index in [0.717, 1.165) is 30.4 Å². The minimum atomic E-state index is -0.684. The number of carbonyl (C=O) groups is 2. The van der Waals surface area contributed by atoms with Gasteiger partial charge in [-0.25, -0.2) is 4.98 Å². The molecule has 0 aliphatic carbocycles. The molecule has 4 rings (SSSR count). The Morgan fingerprint density at radius 2 is 1.94 bits per heavy atom. The van der Waals surface area contributed by atoms with Gasteiger partial charge in [-0.3, -0.25) is 14.2 Å². The van der Waals surface area contributed by atoms with E-state index in [1.807, 2.05) is 42.5 Å². The van der Waals surface area contributed by atoms with Crippen LogP contribution in [0.15, 0.2) is 54.6 Å². The third-order valence-electron chi connectivity index (χ3n) is 5.49. The molecule has 1 atom stereocenters. The minimum Gasteiger partial charge on any atom is -0.372 e. The quantitative estimate of drug-likeness (QED) is 0.417. The molecule has 1 unspecified atom stereocenters. The van der Waals surface area contributed by atoms with Gasteiger partial charge < -0.3 is 15.5 Å². The van der Waals surface area contributed by atoms with E-state index in [4.69, 9.17) is 12.2 Å². The summed E-state index contributed by atoms with van der Waals surface area (Å²) in [5.74, 6) is 0.200. The lowest BCUT2D eigenvalue weighted by atomic mass is 10.2. The maximum atomic E-state index is 12.6. The second kappa shape index (κ2) is 9.26. The van der Waals surface area contributed by atoms with Crippen molar-refractivity contribution in [1.82, 2.24) is 14.9 Å². The van der Waals surface area contributed by atoms with Crippen LogP contribution in [0.3, 0.4) is 0 Å². The summed E-state index contributed by atoms with van der Waals surface area (Å²) in [6.07, 6.45) is 0.844. The number of nitrogens with one attached hydrogen (secondary N) is 2. The second-order valence-electron chi connectivity index (χ2n) is 7.46. The molecule has 0 bridgehead atoms. The zero-order chi connectivity index (χ0) is 21.8. The fourth-order valence-electron chi connectivity index (χ4n) is 3.93. The van der Waals surface area contributed by atoms with E-state index in [-0.39, 0.29) is 18.2 Å². The molecule has 2 heterocycles. The Hall–Kier alpha value is -3.26. The molecule has 0 saturated carbocycles. The highest BCUT2D eigenvalue weighted by molar-refractivity contribution is 7.71. The lowest BCUT2D eigenvalue weighted by Gasteiger charge is -2.23. The first kappa shape index (κ1) is 21.0. The number of fused-ring (bicyclic) bond motifs is 3. The van der Waals surface area contributed by atoms with Crippen LogP contribution in [-0.4, -0.2) is 41.0 Å². The minimum absolute atomic E-state index is 0.0311. The summed E-state index contributed by atoms with van der Waals surface area (Å²) >= 11 is 5.41. The van der Waals surface area contributed by atoms with Crippen molar-refractivity contribution >= 4 is 46.4 Å². The molecule has 160 valence electrons. The van der Waals surface area contributed by atoms with E-state index >= 15 is 0 Å². The number of rotatable bonds is 8. The molecular weight excluding hydrogens is 410 g/mol. The van der Waals surface area contributed by atoms with Gasteiger partial charge in [0, 0.05) is 30.7 Å². The molecule has 2 aromatic carbocycles. The summed E-state index contributed by atoms with van der Waals surface area (Å²) < 4.78 is 1.96. The molecular formula is C23H25N5O2S. The van der Waals surface area contributed by atoms with Crippen molar-refractivity contribution in [2.45, 2.75) is 25.8 Å². The molecule has 8 heteroatoms. The van der Waals surface area contributed by atoms with Crippen molar-refractivity contribution in [3.8, 4) is 0 Å². The second-order valence-corrected chi connectivity index (χ2v) is 7.82. The third-order valence-corrected chi connectivity index (χ3v) is 5.77. The molecule has 7 nitrogen and oxygen atoms in total. The Morgan fingerprint density at radius 1 is 1.19 bits per heavy atom. The van der Waals surface area contributed by atoms with Gasteiger partial charge in [-0.2, -0.15) is 0 Å². The Morgan fingerprint density at radius 3 is 2.71 bits per heavy atom. The maximum absolute atomic E-state index is 12.6. The molecule has 2 N–H and O–H groups in total. The highest BCUT2D eigenvalue weighted by atomic mass is 32.1. The first-order chi connectivity index (χ1) is 15.1. The summed E-state index contributed by atoms with van der Waals surface area (Å²) in [5, 5.41) is 6.62. The Balaban J connectivity index is 1.36. The summed E-state index contributed by atoms with van der Waals surface area (Å²) in [7, 11) is 0. The van der Waals surface area contributed by atoms with Crippen molar-refractivity contribution in [2.75, 3.05) is 29.9 Å². The fraction of sp³-hybridized carbons (Fsp3) is 0.304. The smallest absolute Gasteiger partial charge is 0.249 e. The van der Waals surface area contributed by atoms with E-state index in [1.54, 1.807) is 4.57 Å². The number of hydrogen-bond donors (Lipinski definition) is 2. The molecule has 31 heavy (non-hydrogen) atoms.